The lowest BCUT2D eigenvalue weighted by molar-refractivity contribution is 0.342. The van der Waals surface area contributed by atoms with Crippen LogP contribution in [0.25, 0.3) is 21.3 Å². The highest BCUT2D eigenvalue weighted by Gasteiger charge is 2.07. The summed E-state index contributed by atoms with van der Waals surface area (Å²) in [5.41, 5.74) is 3.60. The third-order valence-corrected chi connectivity index (χ3v) is 5.64. The van der Waals surface area contributed by atoms with Gasteiger partial charge in [-0.05, 0) is 42.2 Å². The number of hydrogen-bond acceptors (Lipinski definition) is 5. The summed E-state index contributed by atoms with van der Waals surface area (Å²) in [6.07, 6.45) is 2.56. The summed E-state index contributed by atoms with van der Waals surface area (Å²) in [4.78, 5) is 9.85. The van der Waals surface area contributed by atoms with Crippen LogP contribution in [0.1, 0.15) is 18.1 Å². The third-order valence-electron chi connectivity index (χ3n) is 4.71. The SMILES string of the molecule is CCOc1csc(-c2cc(NCCc3cc4ccccc4cc3C)ncn2)c1. The van der Waals surface area contributed by atoms with Crippen LogP contribution >= 0.6 is 11.3 Å². The van der Waals surface area contributed by atoms with E-state index in [0.29, 0.717) is 6.61 Å². The summed E-state index contributed by atoms with van der Waals surface area (Å²) in [5, 5.41) is 8.02. The molecule has 2 aromatic carbocycles. The van der Waals surface area contributed by atoms with Crippen LogP contribution in [0, 0.1) is 6.92 Å². The fraction of sp³-hybridized carbons (Fsp3) is 0.217. The second-order valence-corrected chi connectivity index (χ2v) is 7.58. The van der Waals surface area contributed by atoms with Gasteiger partial charge in [0.2, 0.25) is 0 Å². The molecule has 0 saturated heterocycles. The van der Waals surface area contributed by atoms with Crippen molar-refractivity contribution in [3.63, 3.8) is 0 Å². The number of ether oxygens (including phenoxy) is 1. The van der Waals surface area contributed by atoms with E-state index in [0.717, 1.165) is 35.1 Å². The Balaban J connectivity index is 1.43. The fourth-order valence-electron chi connectivity index (χ4n) is 3.28. The van der Waals surface area contributed by atoms with Gasteiger partial charge < -0.3 is 10.1 Å². The van der Waals surface area contributed by atoms with Gasteiger partial charge in [-0.3, -0.25) is 0 Å². The molecule has 2 heterocycles. The Bertz CT molecular complexity index is 1090. The number of anilines is 1. The normalized spacial score (nSPS) is 10.9. The largest absolute Gasteiger partial charge is 0.493 e. The molecule has 0 spiro atoms. The van der Waals surface area contributed by atoms with Crippen LogP contribution in [0.4, 0.5) is 5.82 Å². The van der Waals surface area contributed by atoms with Crippen molar-refractivity contribution in [1.82, 2.24) is 9.97 Å². The van der Waals surface area contributed by atoms with E-state index >= 15 is 0 Å². The van der Waals surface area contributed by atoms with E-state index in [1.807, 2.05) is 24.4 Å². The zero-order chi connectivity index (χ0) is 19.3. The number of nitrogens with one attached hydrogen (secondary N) is 1. The molecule has 0 atom stereocenters. The Morgan fingerprint density at radius 2 is 1.86 bits per heavy atom. The summed E-state index contributed by atoms with van der Waals surface area (Å²) in [6, 6.07) is 17.1. The lowest BCUT2D eigenvalue weighted by Gasteiger charge is -2.10. The van der Waals surface area contributed by atoms with E-state index in [2.05, 4.69) is 58.6 Å². The van der Waals surface area contributed by atoms with Gasteiger partial charge in [0.25, 0.3) is 0 Å². The summed E-state index contributed by atoms with van der Waals surface area (Å²) in [6.45, 7) is 5.66. The van der Waals surface area contributed by atoms with E-state index in [1.54, 1.807) is 17.7 Å². The average Bonchev–Trinajstić information content (AvgIpc) is 3.18. The summed E-state index contributed by atoms with van der Waals surface area (Å²) in [7, 11) is 0. The van der Waals surface area contributed by atoms with Crippen LogP contribution in [-0.2, 0) is 6.42 Å². The molecule has 0 unspecified atom stereocenters. The predicted molar refractivity (Wildman–Crippen MR) is 117 cm³/mol. The molecule has 28 heavy (non-hydrogen) atoms. The minimum atomic E-state index is 0.668. The minimum Gasteiger partial charge on any atom is -0.493 e. The maximum atomic E-state index is 5.55. The van der Waals surface area contributed by atoms with Crippen LogP contribution in [0.15, 0.2) is 60.2 Å². The minimum absolute atomic E-state index is 0.668. The molecule has 0 radical (unpaired) electrons. The van der Waals surface area contributed by atoms with Crippen molar-refractivity contribution in [3.8, 4) is 16.3 Å². The van der Waals surface area contributed by atoms with Crippen LogP contribution in [0.5, 0.6) is 5.75 Å². The van der Waals surface area contributed by atoms with E-state index in [4.69, 9.17) is 4.74 Å². The lowest BCUT2D eigenvalue weighted by atomic mass is 10.00. The molecule has 1 N–H and O–H groups in total. The second kappa shape index (κ2) is 8.40. The molecular formula is C23H23N3OS. The fourth-order valence-corrected chi connectivity index (χ4v) is 4.08. The number of rotatable bonds is 7. The van der Waals surface area contributed by atoms with Gasteiger partial charge in [-0.2, -0.15) is 0 Å². The van der Waals surface area contributed by atoms with Gasteiger partial charge in [0.15, 0.2) is 0 Å². The third kappa shape index (κ3) is 4.15. The molecule has 2 aromatic heterocycles. The molecule has 0 saturated carbocycles. The standard InChI is InChI=1S/C23H23N3OS/c1-3-27-20-12-22(28-14-20)21-13-23(26-15-25-21)24-9-8-17-11-19-7-5-4-6-18(19)10-16(17)2/h4-7,10-15H,3,8-9H2,1-2H3,(H,24,25,26). The van der Waals surface area contributed by atoms with Gasteiger partial charge in [0.1, 0.15) is 17.9 Å². The zero-order valence-electron chi connectivity index (χ0n) is 16.1. The summed E-state index contributed by atoms with van der Waals surface area (Å²) >= 11 is 1.63. The average molecular weight is 390 g/mol. The van der Waals surface area contributed by atoms with Gasteiger partial charge in [0, 0.05) is 24.1 Å². The molecule has 4 rings (SSSR count). The first-order chi connectivity index (χ1) is 13.7. The highest BCUT2D eigenvalue weighted by atomic mass is 32.1. The highest BCUT2D eigenvalue weighted by Crippen LogP contribution is 2.30. The number of fused-ring (bicyclic) bond motifs is 1. The first-order valence-corrected chi connectivity index (χ1v) is 10.4. The van der Waals surface area contributed by atoms with Crippen LogP contribution < -0.4 is 10.1 Å². The molecule has 4 aromatic rings. The molecule has 0 bridgehead atoms. The van der Waals surface area contributed by atoms with E-state index in [1.165, 1.54) is 21.9 Å². The molecule has 0 aliphatic rings. The molecule has 0 fully saturated rings. The quantitative estimate of drug-likeness (QED) is 0.439. The van der Waals surface area contributed by atoms with Crippen molar-refractivity contribution in [3.05, 3.63) is 71.4 Å². The Morgan fingerprint density at radius 1 is 1.04 bits per heavy atom. The number of aromatic nitrogens is 2. The van der Waals surface area contributed by atoms with E-state index in [9.17, 15) is 0 Å². The topological polar surface area (TPSA) is 47.0 Å². The van der Waals surface area contributed by atoms with Crippen molar-refractivity contribution >= 4 is 27.9 Å². The van der Waals surface area contributed by atoms with Gasteiger partial charge >= 0.3 is 0 Å². The number of benzene rings is 2. The maximum absolute atomic E-state index is 5.55. The van der Waals surface area contributed by atoms with Crippen molar-refractivity contribution in [2.45, 2.75) is 20.3 Å². The monoisotopic (exact) mass is 389 g/mol. The maximum Gasteiger partial charge on any atom is 0.130 e. The predicted octanol–water partition coefficient (Wildman–Crippen LogP) is 5.72. The van der Waals surface area contributed by atoms with E-state index in [-0.39, 0.29) is 0 Å². The van der Waals surface area contributed by atoms with Crippen LogP contribution in [0.3, 0.4) is 0 Å². The molecule has 0 aliphatic heterocycles. The first kappa shape index (κ1) is 18.4. The Kier molecular flexibility index (Phi) is 5.53. The Labute approximate surface area is 169 Å². The van der Waals surface area contributed by atoms with Gasteiger partial charge in [-0.15, -0.1) is 11.3 Å². The lowest BCUT2D eigenvalue weighted by Crippen LogP contribution is -2.07. The van der Waals surface area contributed by atoms with Crippen LogP contribution in [-0.4, -0.2) is 23.1 Å². The van der Waals surface area contributed by atoms with Crippen LogP contribution in [0.2, 0.25) is 0 Å². The molecule has 4 nitrogen and oxygen atoms in total. The molecular weight excluding hydrogens is 366 g/mol. The van der Waals surface area contributed by atoms with Crippen molar-refractivity contribution in [2.24, 2.45) is 0 Å². The summed E-state index contributed by atoms with van der Waals surface area (Å²) in [5.74, 6) is 1.73. The van der Waals surface area contributed by atoms with Gasteiger partial charge in [-0.25, -0.2) is 9.97 Å². The molecule has 0 aliphatic carbocycles. The van der Waals surface area contributed by atoms with E-state index < -0.39 is 0 Å². The number of hydrogen-bond donors (Lipinski definition) is 1. The van der Waals surface area contributed by atoms with Crippen molar-refractivity contribution < 1.29 is 4.74 Å². The zero-order valence-corrected chi connectivity index (χ0v) is 16.9. The summed E-state index contributed by atoms with van der Waals surface area (Å²) < 4.78 is 5.55. The number of thiophene rings is 1. The Hall–Kier alpha value is -2.92. The van der Waals surface area contributed by atoms with Gasteiger partial charge in [0.05, 0.1) is 17.2 Å². The molecule has 5 heteroatoms. The Morgan fingerprint density at radius 3 is 2.68 bits per heavy atom. The van der Waals surface area contributed by atoms with Crippen molar-refractivity contribution in [1.29, 1.82) is 0 Å². The number of aryl methyl sites for hydroxylation is 1. The first-order valence-electron chi connectivity index (χ1n) is 9.49. The second-order valence-electron chi connectivity index (χ2n) is 6.67. The molecule has 142 valence electrons. The van der Waals surface area contributed by atoms with Gasteiger partial charge in [-0.1, -0.05) is 36.4 Å². The smallest absolute Gasteiger partial charge is 0.130 e. The number of nitrogens with zero attached hydrogens (tertiary/aromatic N) is 2. The molecule has 0 amide bonds. The highest BCUT2D eigenvalue weighted by molar-refractivity contribution is 7.13. The van der Waals surface area contributed by atoms with Crippen molar-refractivity contribution in [2.75, 3.05) is 18.5 Å².